The van der Waals surface area contributed by atoms with Crippen LogP contribution in [0.15, 0.2) is 24.3 Å². The van der Waals surface area contributed by atoms with Crippen LogP contribution in [0.5, 0.6) is 0 Å². The molecule has 1 aromatic carbocycles. The maximum Gasteiger partial charge on any atom is 0.221 e. The van der Waals surface area contributed by atoms with Crippen LogP contribution >= 0.6 is 11.6 Å². The summed E-state index contributed by atoms with van der Waals surface area (Å²) in [7, 11) is 0. The molecule has 21 heavy (non-hydrogen) atoms. The summed E-state index contributed by atoms with van der Waals surface area (Å²) in [6.07, 6.45) is 6.35. The van der Waals surface area contributed by atoms with Crippen LogP contribution in [-0.2, 0) is 4.79 Å². The van der Waals surface area contributed by atoms with E-state index in [-0.39, 0.29) is 17.4 Å². The molecular weight excluding hydrogens is 284 g/mol. The van der Waals surface area contributed by atoms with E-state index in [1.54, 1.807) is 0 Å². The van der Waals surface area contributed by atoms with Gasteiger partial charge in [-0.1, -0.05) is 43.0 Å². The highest BCUT2D eigenvalue weighted by atomic mass is 35.5. The second-order valence-corrected chi connectivity index (χ2v) is 6.72. The number of rotatable bonds is 5. The third-order valence-electron chi connectivity index (χ3n) is 4.63. The summed E-state index contributed by atoms with van der Waals surface area (Å²) in [5.74, 6) is 0.102. The number of halogens is 1. The van der Waals surface area contributed by atoms with Crippen molar-refractivity contribution in [1.82, 2.24) is 5.32 Å². The molecule has 0 aromatic heterocycles. The van der Waals surface area contributed by atoms with Crippen molar-refractivity contribution in [2.75, 3.05) is 6.54 Å². The molecule has 1 aliphatic rings. The molecule has 0 aliphatic heterocycles. The molecule has 4 heteroatoms. The number of hydrogen-bond donors (Lipinski definition) is 2. The Morgan fingerprint density at radius 1 is 1.29 bits per heavy atom. The van der Waals surface area contributed by atoms with Gasteiger partial charge >= 0.3 is 0 Å². The minimum atomic E-state index is -0.00631. The van der Waals surface area contributed by atoms with Crippen LogP contribution in [0.3, 0.4) is 0 Å². The van der Waals surface area contributed by atoms with E-state index in [1.165, 1.54) is 19.3 Å². The van der Waals surface area contributed by atoms with Crippen LogP contribution in [-0.4, -0.2) is 12.5 Å². The Morgan fingerprint density at radius 3 is 2.48 bits per heavy atom. The van der Waals surface area contributed by atoms with E-state index >= 15 is 0 Å². The van der Waals surface area contributed by atoms with Crippen LogP contribution in [0.4, 0.5) is 0 Å². The van der Waals surface area contributed by atoms with Gasteiger partial charge in [0.1, 0.15) is 0 Å². The molecule has 0 saturated heterocycles. The zero-order chi connectivity index (χ0) is 15.3. The fourth-order valence-electron chi connectivity index (χ4n) is 3.22. The van der Waals surface area contributed by atoms with E-state index in [9.17, 15) is 4.79 Å². The Balaban J connectivity index is 1.92. The van der Waals surface area contributed by atoms with Gasteiger partial charge in [0.15, 0.2) is 0 Å². The van der Waals surface area contributed by atoms with Crippen molar-refractivity contribution in [1.29, 1.82) is 0 Å². The molecule has 1 atom stereocenters. The van der Waals surface area contributed by atoms with Crippen LogP contribution in [0.1, 0.15) is 57.1 Å². The molecule has 1 aliphatic carbocycles. The van der Waals surface area contributed by atoms with E-state index in [0.717, 1.165) is 18.4 Å². The van der Waals surface area contributed by atoms with E-state index < -0.39 is 0 Å². The van der Waals surface area contributed by atoms with E-state index in [2.05, 4.69) is 5.32 Å². The predicted molar refractivity (Wildman–Crippen MR) is 87.2 cm³/mol. The maximum absolute atomic E-state index is 12.3. The average Bonchev–Trinajstić information content (AvgIpc) is 2.48. The molecule has 0 radical (unpaired) electrons. The van der Waals surface area contributed by atoms with Gasteiger partial charge in [-0.3, -0.25) is 4.79 Å². The number of nitrogens with one attached hydrogen (secondary N) is 1. The molecule has 0 heterocycles. The van der Waals surface area contributed by atoms with E-state index in [4.69, 9.17) is 17.3 Å². The SMILES string of the molecule is C[C@@H](NC(=O)CC1(CN)CCCCC1)c1ccc(Cl)cc1. The van der Waals surface area contributed by atoms with Gasteiger partial charge in [-0.05, 0) is 49.4 Å². The van der Waals surface area contributed by atoms with Crippen molar-refractivity contribution < 1.29 is 4.79 Å². The number of carbonyl (C=O) groups is 1. The lowest BCUT2D eigenvalue weighted by Gasteiger charge is -2.36. The monoisotopic (exact) mass is 308 g/mol. The fourth-order valence-corrected chi connectivity index (χ4v) is 3.35. The Kier molecular flexibility index (Phi) is 5.65. The lowest BCUT2D eigenvalue weighted by Crippen LogP contribution is -2.39. The normalized spacial score (nSPS) is 19.0. The summed E-state index contributed by atoms with van der Waals surface area (Å²) in [6, 6.07) is 7.59. The first-order valence-corrected chi connectivity index (χ1v) is 8.17. The third kappa shape index (κ3) is 4.45. The van der Waals surface area contributed by atoms with Crippen molar-refractivity contribution in [3.05, 3.63) is 34.9 Å². The summed E-state index contributed by atoms with van der Waals surface area (Å²) in [5, 5.41) is 3.79. The summed E-state index contributed by atoms with van der Waals surface area (Å²) in [5.41, 5.74) is 7.03. The molecular formula is C17H25ClN2O. The summed E-state index contributed by atoms with van der Waals surface area (Å²) < 4.78 is 0. The van der Waals surface area contributed by atoms with Crippen LogP contribution in [0.25, 0.3) is 0 Å². The van der Waals surface area contributed by atoms with E-state index in [0.29, 0.717) is 18.0 Å². The van der Waals surface area contributed by atoms with Gasteiger partial charge in [0.25, 0.3) is 0 Å². The molecule has 116 valence electrons. The van der Waals surface area contributed by atoms with E-state index in [1.807, 2.05) is 31.2 Å². The lowest BCUT2D eigenvalue weighted by molar-refractivity contribution is -0.124. The molecule has 1 aromatic rings. The van der Waals surface area contributed by atoms with Crippen molar-refractivity contribution in [3.8, 4) is 0 Å². The molecule has 3 N–H and O–H groups in total. The molecule has 3 nitrogen and oxygen atoms in total. The minimum Gasteiger partial charge on any atom is -0.350 e. The van der Waals surface area contributed by atoms with Gasteiger partial charge in [0.05, 0.1) is 6.04 Å². The Hall–Kier alpha value is -1.06. The third-order valence-corrected chi connectivity index (χ3v) is 4.88. The fraction of sp³-hybridized carbons (Fsp3) is 0.588. The van der Waals surface area contributed by atoms with Gasteiger partial charge in [0.2, 0.25) is 5.91 Å². The Bertz CT molecular complexity index is 466. The van der Waals surface area contributed by atoms with Crippen molar-refractivity contribution >= 4 is 17.5 Å². The maximum atomic E-state index is 12.3. The lowest BCUT2D eigenvalue weighted by atomic mass is 9.71. The van der Waals surface area contributed by atoms with Gasteiger partial charge in [-0.15, -0.1) is 0 Å². The molecule has 0 unspecified atom stereocenters. The van der Waals surface area contributed by atoms with Crippen LogP contribution in [0, 0.1) is 5.41 Å². The minimum absolute atomic E-state index is 0.00631. The zero-order valence-electron chi connectivity index (χ0n) is 12.7. The number of nitrogens with two attached hydrogens (primary N) is 1. The first-order chi connectivity index (χ1) is 10.0. The van der Waals surface area contributed by atoms with Gasteiger partial charge in [0, 0.05) is 11.4 Å². The highest BCUT2D eigenvalue weighted by molar-refractivity contribution is 6.30. The van der Waals surface area contributed by atoms with Crippen LogP contribution in [0.2, 0.25) is 5.02 Å². The summed E-state index contributed by atoms with van der Waals surface area (Å²) in [4.78, 5) is 12.3. The van der Waals surface area contributed by atoms with Crippen molar-refractivity contribution in [3.63, 3.8) is 0 Å². The topological polar surface area (TPSA) is 55.1 Å². The zero-order valence-corrected chi connectivity index (χ0v) is 13.5. The highest BCUT2D eigenvalue weighted by Gasteiger charge is 2.33. The number of hydrogen-bond acceptors (Lipinski definition) is 2. The quantitative estimate of drug-likeness (QED) is 0.869. The molecule has 1 amide bonds. The molecule has 0 spiro atoms. The number of carbonyl (C=O) groups excluding carboxylic acids is 1. The van der Waals surface area contributed by atoms with Gasteiger partial charge in [-0.2, -0.15) is 0 Å². The number of amides is 1. The average molecular weight is 309 g/mol. The van der Waals surface area contributed by atoms with Gasteiger partial charge < -0.3 is 11.1 Å². The highest BCUT2D eigenvalue weighted by Crippen LogP contribution is 2.38. The first-order valence-electron chi connectivity index (χ1n) is 7.80. The predicted octanol–water partition coefficient (Wildman–Crippen LogP) is 3.82. The Labute approximate surface area is 132 Å². The molecule has 1 saturated carbocycles. The number of benzene rings is 1. The summed E-state index contributed by atoms with van der Waals surface area (Å²) >= 11 is 5.89. The second-order valence-electron chi connectivity index (χ2n) is 6.28. The van der Waals surface area contributed by atoms with Crippen molar-refractivity contribution in [2.45, 2.75) is 51.5 Å². The molecule has 1 fully saturated rings. The van der Waals surface area contributed by atoms with Crippen LogP contribution < -0.4 is 11.1 Å². The largest absolute Gasteiger partial charge is 0.350 e. The van der Waals surface area contributed by atoms with Crippen molar-refractivity contribution in [2.24, 2.45) is 11.1 Å². The summed E-state index contributed by atoms with van der Waals surface area (Å²) in [6.45, 7) is 2.60. The molecule has 0 bridgehead atoms. The first kappa shape index (κ1) is 16.3. The standard InChI is InChI=1S/C17H25ClN2O/c1-13(14-5-7-15(18)8-6-14)20-16(21)11-17(12-19)9-3-2-4-10-17/h5-8,13H,2-4,9-12,19H2,1H3,(H,20,21)/t13-/m1/s1. The van der Waals surface area contributed by atoms with Gasteiger partial charge in [-0.25, -0.2) is 0 Å². The second kappa shape index (κ2) is 7.28. The smallest absolute Gasteiger partial charge is 0.221 e. The Morgan fingerprint density at radius 2 is 1.90 bits per heavy atom. The molecule has 2 rings (SSSR count).